The number of thioether (sulfide) groups is 1. The molecule has 0 radical (unpaired) electrons. The summed E-state index contributed by atoms with van der Waals surface area (Å²) in [5, 5.41) is 0.681. The van der Waals surface area contributed by atoms with Gasteiger partial charge in [-0.2, -0.15) is 0 Å². The molecule has 0 bridgehead atoms. The van der Waals surface area contributed by atoms with E-state index in [-0.39, 0.29) is 5.91 Å². The minimum atomic E-state index is -0.166. The Morgan fingerprint density at radius 2 is 1.74 bits per heavy atom. The molecule has 3 aromatic carbocycles. The summed E-state index contributed by atoms with van der Waals surface area (Å²) in [6.45, 7) is 2.78. The van der Waals surface area contributed by atoms with Gasteiger partial charge in [-0.1, -0.05) is 53.8 Å². The Hall–Kier alpha value is -3.00. The number of hydrogen-bond donors (Lipinski definition) is 0. The van der Waals surface area contributed by atoms with Crippen LogP contribution in [-0.2, 0) is 11.4 Å². The van der Waals surface area contributed by atoms with E-state index >= 15 is 0 Å². The number of amides is 1. The molecule has 0 spiro atoms. The van der Waals surface area contributed by atoms with Gasteiger partial charge in [0, 0.05) is 5.02 Å². The third-order valence-electron chi connectivity index (χ3n) is 5.00. The maximum absolute atomic E-state index is 13.1. The van der Waals surface area contributed by atoms with E-state index in [4.69, 9.17) is 38.0 Å². The van der Waals surface area contributed by atoms with Crippen molar-refractivity contribution in [3.63, 3.8) is 0 Å². The van der Waals surface area contributed by atoms with Crippen LogP contribution in [0.25, 0.3) is 6.08 Å². The Balaban J connectivity index is 1.53. The van der Waals surface area contributed by atoms with Crippen LogP contribution in [0.1, 0.15) is 18.1 Å². The molecule has 0 atom stereocenters. The number of anilines is 1. The lowest BCUT2D eigenvalue weighted by Crippen LogP contribution is -2.27. The van der Waals surface area contributed by atoms with E-state index in [1.54, 1.807) is 19.2 Å². The van der Waals surface area contributed by atoms with Crippen molar-refractivity contribution in [1.82, 2.24) is 0 Å². The second-order valence-corrected chi connectivity index (χ2v) is 9.38. The Morgan fingerprint density at radius 3 is 2.41 bits per heavy atom. The van der Waals surface area contributed by atoms with E-state index in [9.17, 15) is 4.79 Å². The highest BCUT2D eigenvalue weighted by atomic mass is 35.5. The molecule has 0 saturated carbocycles. The number of methoxy groups -OCH3 is 1. The van der Waals surface area contributed by atoms with Crippen molar-refractivity contribution in [2.24, 2.45) is 0 Å². The quantitative estimate of drug-likeness (QED) is 0.247. The first-order chi connectivity index (χ1) is 16.5. The molecule has 3 aromatic rings. The fraction of sp³-hybridized carbons (Fsp3) is 0.154. The molecule has 8 heteroatoms. The second-order valence-electron chi connectivity index (χ2n) is 7.27. The van der Waals surface area contributed by atoms with Crippen molar-refractivity contribution in [3.05, 3.63) is 87.8 Å². The van der Waals surface area contributed by atoms with Gasteiger partial charge >= 0.3 is 0 Å². The summed E-state index contributed by atoms with van der Waals surface area (Å²) < 4.78 is 17.4. The van der Waals surface area contributed by atoms with E-state index < -0.39 is 0 Å². The normalized spacial score (nSPS) is 14.6. The molecule has 1 amide bonds. The van der Waals surface area contributed by atoms with E-state index in [1.165, 1.54) is 16.7 Å². The number of hydrogen-bond acceptors (Lipinski definition) is 6. The topological polar surface area (TPSA) is 48.0 Å². The molecule has 34 heavy (non-hydrogen) atoms. The molecule has 1 fully saturated rings. The third kappa shape index (κ3) is 5.55. The summed E-state index contributed by atoms with van der Waals surface area (Å²) in [6.07, 6.45) is 1.81. The second kappa shape index (κ2) is 11.0. The van der Waals surface area contributed by atoms with Crippen molar-refractivity contribution in [2.45, 2.75) is 13.5 Å². The average Bonchev–Trinajstić information content (AvgIpc) is 3.12. The maximum Gasteiger partial charge on any atom is 0.270 e. The van der Waals surface area contributed by atoms with Crippen LogP contribution < -0.4 is 19.1 Å². The number of carbonyl (C=O) groups is 1. The standard InChI is InChI=1S/C26H22ClNO4S2/c1-3-31-23-14-18(6-13-22(23)32-16-17-4-7-19(27)8-5-17)15-24-25(29)28(26(33)34-24)20-9-11-21(30-2)12-10-20/h4-15H,3,16H2,1-2H3/b24-15-. The zero-order valence-corrected chi connectivity index (χ0v) is 21.0. The molecule has 0 aliphatic carbocycles. The van der Waals surface area contributed by atoms with Crippen molar-refractivity contribution >= 4 is 57.6 Å². The lowest BCUT2D eigenvalue weighted by atomic mass is 10.1. The van der Waals surface area contributed by atoms with Gasteiger partial charge in [0.2, 0.25) is 0 Å². The largest absolute Gasteiger partial charge is 0.497 e. The minimum Gasteiger partial charge on any atom is -0.497 e. The van der Waals surface area contributed by atoms with Crippen LogP contribution >= 0.6 is 35.6 Å². The van der Waals surface area contributed by atoms with Crippen molar-refractivity contribution in [3.8, 4) is 17.2 Å². The Labute approximate surface area is 213 Å². The van der Waals surface area contributed by atoms with Gasteiger partial charge in [-0.25, -0.2) is 0 Å². The first-order valence-corrected chi connectivity index (χ1v) is 12.1. The fourth-order valence-corrected chi connectivity index (χ4v) is 4.74. The SMILES string of the molecule is CCOc1cc(/C=C2\SC(=S)N(c3ccc(OC)cc3)C2=O)ccc1OCc1ccc(Cl)cc1. The van der Waals surface area contributed by atoms with Crippen LogP contribution in [0.4, 0.5) is 5.69 Å². The average molecular weight is 512 g/mol. The lowest BCUT2D eigenvalue weighted by molar-refractivity contribution is -0.113. The van der Waals surface area contributed by atoms with Gasteiger partial charge in [-0.3, -0.25) is 9.69 Å². The highest BCUT2D eigenvalue weighted by Crippen LogP contribution is 2.38. The number of benzene rings is 3. The van der Waals surface area contributed by atoms with Crippen molar-refractivity contribution in [1.29, 1.82) is 0 Å². The molecule has 1 aliphatic rings. The zero-order chi connectivity index (χ0) is 24.1. The number of carbonyl (C=O) groups excluding carboxylic acids is 1. The summed E-state index contributed by atoms with van der Waals surface area (Å²) in [6, 6.07) is 20.3. The number of rotatable bonds is 8. The summed E-state index contributed by atoms with van der Waals surface area (Å²) in [7, 11) is 1.60. The Kier molecular flexibility index (Phi) is 7.77. The van der Waals surface area contributed by atoms with E-state index in [0.717, 1.165) is 11.1 Å². The lowest BCUT2D eigenvalue weighted by Gasteiger charge is -2.15. The molecule has 5 nitrogen and oxygen atoms in total. The Morgan fingerprint density at radius 1 is 1.00 bits per heavy atom. The molecule has 1 aliphatic heterocycles. The van der Waals surface area contributed by atoms with E-state index in [1.807, 2.05) is 67.6 Å². The fourth-order valence-electron chi connectivity index (χ4n) is 3.32. The number of thiocarbonyl (C=S) groups is 1. The molecule has 0 aromatic heterocycles. The molecule has 0 N–H and O–H groups in total. The Bertz CT molecular complexity index is 1230. The van der Waals surface area contributed by atoms with Crippen LogP contribution in [0.2, 0.25) is 5.02 Å². The molecular formula is C26H22ClNO4S2. The highest BCUT2D eigenvalue weighted by Gasteiger charge is 2.33. The maximum atomic E-state index is 13.1. The van der Waals surface area contributed by atoms with Gasteiger partial charge in [0.05, 0.1) is 24.3 Å². The van der Waals surface area contributed by atoms with Crippen LogP contribution in [0.15, 0.2) is 71.6 Å². The number of halogens is 1. The van der Waals surface area contributed by atoms with Gasteiger partial charge in [0.25, 0.3) is 5.91 Å². The minimum absolute atomic E-state index is 0.166. The first kappa shape index (κ1) is 24.1. The molecule has 4 rings (SSSR count). The number of ether oxygens (including phenoxy) is 3. The van der Waals surface area contributed by atoms with Crippen LogP contribution in [0.3, 0.4) is 0 Å². The van der Waals surface area contributed by atoms with Gasteiger partial charge < -0.3 is 14.2 Å². The molecular weight excluding hydrogens is 490 g/mol. The predicted octanol–water partition coefficient (Wildman–Crippen LogP) is 6.73. The van der Waals surface area contributed by atoms with E-state index in [0.29, 0.717) is 50.4 Å². The van der Waals surface area contributed by atoms with Gasteiger partial charge in [-0.15, -0.1) is 0 Å². The molecule has 174 valence electrons. The number of nitrogens with zero attached hydrogens (tertiary/aromatic N) is 1. The van der Waals surface area contributed by atoms with Crippen molar-refractivity contribution in [2.75, 3.05) is 18.6 Å². The summed E-state index contributed by atoms with van der Waals surface area (Å²) in [5.41, 5.74) is 2.52. The predicted molar refractivity (Wildman–Crippen MR) is 142 cm³/mol. The van der Waals surface area contributed by atoms with Crippen LogP contribution in [-0.4, -0.2) is 23.9 Å². The van der Waals surface area contributed by atoms with Crippen LogP contribution in [0, 0.1) is 0 Å². The molecule has 1 heterocycles. The van der Waals surface area contributed by atoms with Gasteiger partial charge in [0.1, 0.15) is 12.4 Å². The zero-order valence-electron chi connectivity index (χ0n) is 18.6. The first-order valence-electron chi connectivity index (χ1n) is 10.5. The van der Waals surface area contributed by atoms with Gasteiger partial charge in [-0.05, 0) is 72.7 Å². The van der Waals surface area contributed by atoms with Gasteiger partial charge in [0.15, 0.2) is 15.8 Å². The van der Waals surface area contributed by atoms with Crippen LogP contribution in [0.5, 0.6) is 17.2 Å². The monoisotopic (exact) mass is 511 g/mol. The molecule has 0 unspecified atom stereocenters. The summed E-state index contributed by atoms with van der Waals surface area (Å²) in [5.74, 6) is 1.78. The van der Waals surface area contributed by atoms with E-state index in [2.05, 4.69) is 0 Å². The molecule has 1 saturated heterocycles. The highest BCUT2D eigenvalue weighted by molar-refractivity contribution is 8.27. The van der Waals surface area contributed by atoms with Crippen molar-refractivity contribution < 1.29 is 19.0 Å². The summed E-state index contributed by atoms with van der Waals surface area (Å²) in [4.78, 5) is 15.2. The smallest absolute Gasteiger partial charge is 0.270 e. The summed E-state index contributed by atoms with van der Waals surface area (Å²) >= 11 is 12.7. The third-order valence-corrected chi connectivity index (χ3v) is 6.55.